The fourth-order valence-corrected chi connectivity index (χ4v) is 5.22. The molecule has 10 heteroatoms. The summed E-state index contributed by atoms with van der Waals surface area (Å²) in [5.74, 6) is -0.648. The average molecular weight is 519 g/mol. The van der Waals surface area contributed by atoms with E-state index in [2.05, 4.69) is 15.5 Å². The summed E-state index contributed by atoms with van der Waals surface area (Å²) < 4.78 is 40.3. The van der Waals surface area contributed by atoms with Gasteiger partial charge in [-0.3, -0.25) is 19.3 Å². The number of amides is 2. The standard InChI is InChI=1S/C27H33F3N4O3/c1-17(2)34-14-20(8-11-25(34)36)18-6-9-23(10-7-18)33-15-22(16-33)32-24(35)13-31-26(37)19-4-3-5-21(12-19)27(28,29)30/h3-5,8,11-12,14,17-18,22-23H,6-7,9-10,13,15-16H2,1-2H3,(H,31,37)(H,32,35)/t18-,23+. The van der Waals surface area contributed by atoms with E-state index in [4.69, 9.17) is 0 Å². The Hall–Kier alpha value is -3.14. The van der Waals surface area contributed by atoms with Gasteiger partial charge in [0.1, 0.15) is 0 Å². The van der Waals surface area contributed by atoms with Gasteiger partial charge in [-0.15, -0.1) is 0 Å². The maximum Gasteiger partial charge on any atom is 0.416 e. The molecule has 0 atom stereocenters. The second-order valence-electron chi connectivity index (χ2n) is 10.3. The molecular formula is C27H33F3N4O3. The first-order chi connectivity index (χ1) is 17.5. The summed E-state index contributed by atoms with van der Waals surface area (Å²) in [6.07, 6.45) is 1.67. The second kappa shape index (κ2) is 11.1. The molecule has 7 nitrogen and oxygen atoms in total. The van der Waals surface area contributed by atoms with E-state index < -0.39 is 17.6 Å². The molecule has 0 radical (unpaired) electrons. The van der Waals surface area contributed by atoms with Crippen molar-refractivity contribution in [2.45, 2.75) is 69.8 Å². The third-order valence-electron chi connectivity index (χ3n) is 7.34. The van der Waals surface area contributed by atoms with Gasteiger partial charge in [-0.1, -0.05) is 12.1 Å². The molecule has 1 aliphatic heterocycles. The molecule has 2 aliphatic rings. The van der Waals surface area contributed by atoms with Crippen LogP contribution >= 0.6 is 0 Å². The highest BCUT2D eigenvalue weighted by atomic mass is 19.4. The zero-order valence-corrected chi connectivity index (χ0v) is 21.1. The number of carbonyl (C=O) groups excluding carboxylic acids is 2. The van der Waals surface area contributed by atoms with E-state index >= 15 is 0 Å². The average Bonchev–Trinajstić information content (AvgIpc) is 2.84. The fraction of sp³-hybridized carbons (Fsp3) is 0.519. The van der Waals surface area contributed by atoms with Crippen molar-refractivity contribution in [3.8, 4) is 0 Å². The lowest BCUT2D eigenvalue weighted by molar-refractivity contribution is -0.137. The van der Waals surface area contributed by atoms with Crippen LogP contribution < -0.4 is 16.2 Å². The Labute approximate surface area is 214 Å². The van der Waals surface area contributed by atoms with Crippen molar-refractivity contribution in [2.24, 2.45) is 0 Å². The van der Waals surface area contributed by atoms with Gasteiger partial charge in [-0.25, -0.2) is 0 Å². The molecule has 0 bridgehead atoms. The molecule has 2 heterocycles. The number of nitrogens with one attached hydrogen (secondary N) is 2. The molecule has 2 aromatic rings. The van der Waals surface area contributed by atoms with E-state index in [0.29, 0.717) is 12.0 Å². The zero-order valence-electron chi connectivity index (χ0n) is 21.1. The number of hydrogen-bond acceptors (Lipinski definition) is 4. The van der Waals surface area contributed by atoms with Gasteiger partial charge in [0.05, 0.1) is 18.2 Å². The maximum absolute atomic E-state index is 12.8. The number of hydrogen-bond donors (Lipinski definition) is 2. The van der Waals surface area contributed by atoms with E-state index in [1.54, 1.807) is 10.6 Å². The molecule has 37 heavy (non-hydrogen) atoms. The molecule has 1 aliphatic carbocycles. The number of halogens is 3. The van der Waals surface area contributed by atoms with Gasteiger partial charge in [0.2, 0.25) is 5.91 Å². The Morgan fingerprint density at radius 1 is 1.05 bits per heavy atom. The Kier molecular flexibility index (Phi) is 8.06. The predicted octanol–water partition coefficient (Wildman–Crippen LogP) is 3.70. The summed E-state index contributed by atoms with van der Waals surface area (Å²) >= 11 is 0. The number of alkyl halides is 3. The van der Waals surface area contributed by atoms with Gasteiger partial charge in [-0.05, 0) is 69.2 Å². The monoisotopic (exact) mass is 518 g/mol. The smallest absolute Gasteiger partial charge is 0.349 e. The predicted molar refractivity (Wildman–Crippen MR) is 133 cm³/mol. The van der Waals surface area contributed by atoms with E-state index in [0.717, 1.165) is 57.0 Å². The molecule has 2 amide bonds. The number of likely N-dealkylation sites (tertiary alicyclic amines) is 1. The lowest BCUT2D eigenvalue weighted by Gasteiger charge is -2.46. The SMILES string of the molecule is CC(C)n1cc([C@H]2CC[C@@H](N3CC(NC(=O)CNC(=O)c4cccc(C(F)(F)F)c4)C3)CC2)ccc1=O. The Bertz CT molecular complexity index is 1180. The molecule has 1 saturated carbocycles. The van der Waals surface area contributed by atoms with Crippen LogP contribution in [0, 0.1) is 0 Å². The largest absolute Gasteiger partial charge is 0.416 e. The van der Waals surface area contributed by atoms with Crippen molar-refractivity contribution < 1.29 is 22.8 Å². The van der Waals surface area contributed by atoms with Crippen LogP contribution in [0.15, 0.2) is 47.4 Å². The fourth-order valence-electron chi connectivity index (χ4n) is 5.22. The Balaban J connectivity index is 1.18. The van der Waals surface area contributed by atoms with Crippen LogP contribution in [0.4, 0.5) is 13.2 Å². The molecule has 0 unspecified atom stereocenters. The van der Waals surface area contributed by atoms with Gasteiger partial charge in [-0.2, -0.15) is 13.2 Å². The third kappa shape index (κ3) is 6.60. The number of aromatic nitrogens is 1. The van der Waals surface area contributed by atoms with Gasteiger partial charge in [0.15, 0.2) is 0 Å². The van der Waals surface area contributed by atoms with Crippen molar-refractivity contribution in [3.05, 3.63) is 69.6 Å². The molecule has 2 N–H and O–H groups in total. The first-order valence-corrected chi connectivity index (χ1v) is 12.7. The first-order valence-electron chi connectivity index (χ1n) is 12.7. The highest BCUT2D eigenvalue weighted by Gasteiger charge is 2.35. The molecule has 2 fully saturated rings. The second-order valence-corrected chi connectivity index (χ2v) is 10.3. The molecular weight excluding hydrogens is 485 g/mol. The molecule has 1 aromatic heterocycles. The van der Waals surface area contributed by atoms with Crippen LogP contribution in [0.5, 0.6) is 0 Å². The number of nitrogens with zero attached hydrogens (tertiary/aromatic N) is 2. The number of pyridine rings is 1. The first kappa shape index (κ1) is 26.9. The topological polar surface area (TPSA) is 83.4 Å². The minimum atomic E-state index is -4.54. The van der Waals surface area contributed by atoms with Crippen LogP contribution in [0.2, 0.25) is 0 Å². The Morgan fingerprint density at radius 3 is 2.41 bits per heavy atom. The van der Waals surface area contributed by atoms with Crippen molar-refractivity contribution in [2.75, 3.05) is 19.6 Å². The highest BCUT2D eigenvalue weighted by molar-refractivity contribution is 5.96. The minimum Gasteiger partial charge on any atom is -0.349 e. The lowest BCUT2D eigenvalue weighted by atomic mass is 9.80. The van der Waals surface area contributed by atoms with Gasteiger partial charge >= 0.3 is 6.18 Å². The molecule has 0 spiro atoms. The van der Waals surface area contributed by atoms with Crippen LogP contribution in [0.1, 0.15) is 73.0 Å². The van der Waals surface area contributed by atoms with E-state index in [-0.39, 0.29) is 35.7 Å². The van der Waals surface area contributed by atoms with Crippen LogP contribution in [0.3, 0.4) is 0 Å². The molecule has 1 saturated heterocycles. The van der Waals surface area contributed by atoms with E-state index in [1.807, 2.05) is 26.1 Å². The summed E-state index contributed by atoms with van der Waals surface area (Å²) in [6, 6.07) is 8.30. The van der Waals surface area contributed by atoms with E-state index in [1.165, 1.54) is 11.6 Å². The van der Waals surface area contributed by atoms with Gasteiger partial charge in [0, 0.05) is 43.0 Å². The third-order valence-corrected chi connectivity index (χ3v) is 7.34. The van der Waals surface area contributed by atoms with Crippen LogP contribution in [-0.2, 0) is 11.0 Å². The maximum atomic E-state index is 12.8. The summed E-state index contributed by atoms with van der Waals surface area (Å²) in [4.78, 5) is 38.8. The van der Waals surface area contributed by atoms with Crippen molar-refractivity contribution in [1.82, 2.24) is 20.1 Å². The summed E-state index contributed by atoms with van der Waals surface area (Å²) in [5, 5.41) is 5.26. The van der Waals surface area contributed by atoms with Gasteiger partial charge < -0.3 is 15.2 Å². The minimum absolute atomic E-state index is 0.00900. The van der Waals surface area contributed by atoms with Crippen molar-refractivity contribution in [1.29, 1.82) is 0 Å². The summed E-state index contributed by atoms with van der Waals surface area (Å²) in [5.41, 5.74) is 0.188. The zero-order chi connectivity index (χ0) is 26.7. The number of rotatable bonds is 7. The lowest BCUT2D eigenvalue weighted by Crippen LogP contribution is -2.63. The van der Waals surface area contributed by atoms with Crippen LogP contribution in [-0.4, -0.2) is 53.0 Å². The summed E-state index contributed by atoms with van der Waals surface area (Å²) in [7, 11) is 0. The van der Waals surface area contributed by atoms with Gasteiger partial charge in [0.25, 0.3) is 11.5 Å². The van der Waals surface area contributed by atoms with Crippen molar-refractivity contribution >= 4 is 11.8 Å². The number of carbonyl (C=O) groups is 2. The highest BCUT2D eigenvalue weighted by Crippen LogP contribution is 2.36. The quantitative estimate of drug-likeness (QED) is 0.586. The molecule has 4 rings (SSSR count). The summed E-state index contributed by atoms with van der Waals surface area (Å²) in [6.45, 7) is 5.19. The van der Waals surface area contributed by atoms with Crippen molar-refractivity contribution in [3.63, 3.8) is 0 Å². The van der Waals surface area contributed by atoms with E-state index in [9.17, 15) is 27.6 Å². The van der Waals surface area contributed by atoms with Crippen LogP contribution in [0.25, 0.3) is 0 Å². The molecule has 1 aromatic carbocycles. The Morgan fingerprint density at radius 2 is 1.76 bits per heavy atom. The molecule has 200 valence electrons. The normalized spacial score (nSPS) is 20.9. The number of benzene rings is 1.